The van der Waals surface area contributed by atoms with Crippen molar-refractivity contribution in [3.8, 4) is 0 Å². The smallest absolute Gasteiger partial charge is 0.165 e. The van der Waals surface area contributed by atoms with Gasteiger partial charge in [-0.15, -0.1) is 0 Å². The zero-order chi connectivity index (χ0) is 10.7. The minimum absolute atomic E-state index is 0.0726. The fraction of sp³-hybridized carbons (Fsp3) is 0.300. The Hall–Kier alpha value is -0.740. The Labute approximate surface area is 89.9 Å². The maximum Gasteiger partial charge on any atom is 0.165 e. The fourth-order valence-corrected chi connectivity index (χ4v) is 1.33. The number of Topliss-reactive ketones (excluding diaryl/α,β-unsaturated/α-hetero) is 1. The van der Waals surface area contributed by atoms with E-state index in [1.54, 1.807) is 6.07 Å². The second kappa shape index (κ2) is 4.66. The van der Waals surface area contributed by atoms with Crippen LogP contribution in [0.5, 0.6) is 0 Å². The van der Waals surface area contributed by atoms with Gasteiger partial charge in [0.15, 0.2) is 5.78 Å². The van der Waals surface area contributed by atoms with E-state index in [0.29, 0.717) is 10.0 Å². The average molecular weight is 261 g/mol. The summed E-state index contributed by atoms with van der Waals surface area (Å²) in [7, 11) is 0. The maximum atomic E-state index is 13.2. The van der Waals surface area contributed by atoms with Gasteiger partial charge < -0.3 is 5.11 Å². The summed E-state index contributed by atoms with van der Waals surface area (Å²) in [6.45, 7) is 1.37. The molecule has 0 bridgehead atoms. The quantitative estimate of drug-likeness (QED) is 0.904. The van der Waals surface area contributed by atoms with Gasteiger partial charge in [-0.3, -0.25) is 4.79 Å². The lowest BCUT2D eigenvalue weighted by atomic mass is 10.1. The predicted octanol–water partition coefficient (Wildman–Crippen LogP) is 2.08. The Bertz CT molecular complexity index is 350. The molecule has 0 aliphatic rings. The molecule has 1 atom stereocenters. The first-order chi connectivity index (χ1) is 6.50. The molecule has 0 aliphatic carbocycles. The SMILES string of the molecule is CC(O)C(=O)Cc1ccc(Br)cc1F. The Morgan fingerprint density at radius 2 is 2.29 bits per heavy atom. The molecule has 0 aliphatic heterocycles. The summed E-state index contributed by atoms with van der Waals surface area (Å²) in [5.74, 6) is -0.820. The zero-order valence-corrected chi connectivity index (χ0v) is 9.21. The van der Waals surface area contributed by atoms with Gasteiger partial charge in [0.25, 0.3) is 0 Å². The second-order valence-corrected chi connectivity index (χ2v) is 3.97. The number of carbonyl (C=O) groups is 1. The van der Waals surface area contributed by atoms with Crippen LogP contribution < -0.4 is 0 Å². The van der Waals surface area contributed by atoms with Crippen LogP contribution in [0.3, 0.4) is 0 Å². The molecule has 76 valence electrons. The molecule has 0 heterocycles. The first-order valence-corrected chi connectivity index (χ1v) is 4.94. The van der Waals surface area contributed by atoms with E-state index in [1.807, 2.05) is 0 Å². The van der Waals surface area contributed by atoms with Crippen LogP contribution in [-0.2, 0) is 11.2 Å². The fourth-order valence-electron chi connectivity index (χ4n) is 1.00. The van der Waals surface area contributed by atoms with Crippen LogP contribution in [0.4, 0.5) is 4.39 Å². The van der Waals surface area contributed by atoms with Crippen LogP contribution >= 0.6 is 15.9 Å². The summed E-state index contributed by atoms with van der Waals surface area (Å²) in [5, 5.41) is 8.95. The number of rotatable bonds is 3. The summed E-state index contributed by atoms with van der Waals surface area (Å²) in [4.78, 5) is 11.1. The Kier molecular flexibility index (Phi) is 3.77. The van der Waals surface area contributed by atoms with E-state index < -0.39 is 11.9 Å². The van der Waals surface area contributed by atoms with Gasteiger partial charge in [0, 0.05) is 10.9 Å². The summed E-state index contributed by atoms with van der Waals surface area (Å²) in [5.41, 5.74) is 0.305. The van der Waals surface area contributed by atoms with E-state index in [9.17, 15) is 9.18 Å². The maximum absolute atomic E-state index is 13.2. The van der Waals surface area contributed by atoms with Crippen LogP contribution in [0.1, 0.15) is 12.5 Å². The third-order valence-corrected chi connectivity index (χ3v) is 2.34. The lowest BCUT2D eigenvalue weighted by molar-refractivity contribution is -0.125. The molecule has 4 heteroatoms. The predicted molar refractivity (Wildman–Crippen MR) is 54.5 cm³/mol. The minimum Gasteiger partial charge on any atom is -0.386 e. The molecular formula is C10H10BrFO2. The van der Waals surface area contributed by atoms with E-state index in [2.05, 4.69) is 15.9 Å². The Morgan fingerprint density at radius 3 is 2.79 bits per heavy atom. The second-order valence-electron chi connectivity index (χ2n) is 3.05. The summed E-state index contributed by atoms with van der Waals surface area (Å²) < 4.78 is 13.8. The van der Waals surface area contributed by atoms with E-state index in [0.717, 1.165) is 0 Å². The topological polar surface area (TPSA) is 37.3 Å². The van der Waals surface area contributed by atoms with Gasteiger partial charge in [0.05, 0.1) is 0 Å². The molecular weight excluding hydrogens is 251 g/mol. The van der Waals surface area contributed by atoms with Crippen LogP contribution in [0.25, 0.3) is 0 Å². The van der Waals surface area contributed by atoms with Crippen molar-refractivity contribution >= 4 is 21.7 Å². The van der Waals surface area contributed by atoms with E-state index >= 15 is 0 Å². The van der Waals surface area contributed by atoms with Crippen molar-refractivity contribution in [2.75, 3.05) is 0 Å². The largest absolute Gasteiger partial charge is 0.386 e. The highest BCUT2D eigenvalue weighted by Gasteiger charge is 2.12. The number of aliphatic hydroxyl groups excluding tert-OH is 1. The molecule has 0 radical (unpaired) electrons. The van der Waals surface area contributed by atoms with Crippen molar-refractivity contribution in [3.63, 3.8) is 0 Å². The monoisotopic (exact) mass is 260 g/mol. The zero-order valence-electron chi connectivity index (χ0n) is 7.63. The van der Waals surface area contributed by atoms with E-state index in [1.165, 1.54) is 19.1 Å². The molecule has 0 aromatic heterocycles. The standard InChI is InChI=1S/C10H10BrFO2/c1-6(13)10(14)4-7-2-3-8(11)5-9(7)12/h2-3,5-6,13H,4H2,1H3. The van der Waals surface area contributed by atoms with Crippen LogP contribution in [0.15, 0.2) is 22.7 Å². The normalized spacial score (nSPS) is 12.6. The molecule has 0 amide bonds. The van der Waals surface area contributed by atoms with Gasteiger partial charge in [-0.05, 0) is 24.6 Å². The Balaban J connectivity index is 2.82. The summed E-state index contributed by atoms with van der Waals surface area (Å²) >= 11 is 3.12. The highest BCUT2D eigenvalue weighted by Crippen LogP contribution is 2.16. The van der Waals surface area contributed by atoms with Gasteiger partial charge in [-0.1, -0.05) is 22.0 Å². The van der Waals surface area contributed by atoms with Gasteiger partial charge in [-0.2, -0.15) is 0 Å². The van der Waals surface area contributed by atoms with Crippen molar-refractivity contribution < 1.29 is 14.3 Å². The van der Waals surface area contributed by atoms with Gasteiger partial charge in [-0.25, -0.2) is 4.39 Å². The molecule has 0 spiro atoms. The van der Waals surface area contributed by atoms with Crippen molar-refractivity contribution in [2.45, 2.75) is 19.4 Å². The summed E-state index contributed by atoms with van der Waals surface area (Å²) in [6.07, 6.45) is -1.12. The molecule has 1 aromatic carbocycles. The number of aliphatic hydroxyl groups is 1. The highest BCUT2D eigenvalue weighted by atomic mass is 79.9. The minimum atomic E-state index is -1.04. The Morgan fingerprint density at radius 1 is 1.64 bits per heavy atom. The van der Waals surface area contributed by atoms with Gasteiger partial charge in [0.2, 0.25) is 0 Å². The first kappa shape index (κ1) is 11.3. The molecule has 1 N–H and O–H groups in total. The van der Waals surface area contributed by atoms with Crippen molar-refractivity contribution in [1.29, 1.82) is 0 Å². The van der Waals surface area contributed by atoms with Crippen molar-refractivity contribution in [2.24, 2.45) is 0 Å². The molecule has 0 saturated heterocycles. The first-order valence-electron chi connectivity index (χ1n) is 4.15. The number of benzene rings is 1. The van der Waals surface area contributed by atoms with E-state index in [-0.39, 0.29) is 12.2 Å². The van der Waals surface area contributed by atoms with Gasteiger partial charge >= 0.3 is 0 Å². The molecule has 1 unspecified atom stereocenters. The number of halogens is 2. The van der Waals surface area contributed by atoms with Crippen molar-refractivity contribution in [1.82, 2.24) is 0 Å². The molecule has 1 aromatic rings. The average Bonchev–Trinajstić information content (AvgIpc) is 2.09. The number of hydrogen-bond donors (Lipinski definition) is 1. The third kappa shape index (κ3) is 2.89. The lowest BCUT2D eigenvalue weighted by Gasteiger charge is -2.04. The van der Waals surface area contributed by atoms with Crippen LogP contribution in [0, 0.1) is 5.82 Å². The molecule has 1 rings (SSSR count). The molecule has 0 fully saturated rings. The van der Waals surface area contributed by atoms with Gasteiger partial charge in [0.1, 0.15) is 11.9 Å². The molecule has 2 nitrogen and oxygen atoms in total. The van der Waals surface area contributed by atoms with Crippen molar-refractivity contribution in [3.05, 3.63) is 34.1 Å². The number of carbonyl (C=O) groups excluding carboxylic acids is 1. The lowest BCUT2D eigenvalue weighted by Crippen LogP contribution is -2.18. The number of hydrogen-bond acceptors (Lipinski definition) is 2. The highest BCUT2D eigenvalue weighted by molar-refractivity contribution is 9.10. The summed E-state index contributed by atoms with van der Waals surface area (Å²) in [6, 6.07) is 4.48. The third-order valence-electron chi connectivity index (χ3n) is 1.85. The van der Waals surface area contributed by atoms with E-state index in [4.69, 9.17) is 5.11 Å². The molecule has 14 heavy (non-hydrogen) atoms. The number of ketones is 1. The molecule has 0 saturated carbocycles. The van der Waals surface area contributed by atoms with Crippen LogP contribution in [0.2, 0.25) is 0 Å². The van der Waals surface area contributed by atoms with Crippen LogP contribution in [-0.4, -0.2) is 17.0 Å².